The van der Waals surface area contributed by atoms with Crippen LogP contribution in [0, 0.1) is 0 Å². The number of sulfone groups is 1. The third-order valence-corrected chi connectivity index (χ3v) is 7.15. The van der Waals surface area contributed by atoms with Crippen molar-refractivity contribution in [2.24, 2.45) is 0 Å². The fourth-order valence-corrected chi connectivity index (χ4v) is 5.51. The molecule has 1 fully saturated rings. The Morgan fingerprint density at radius 3 is 3.04 bits per heavy atom. The van der Waals surface area contributed by atoms with E-state index in [-0.39, 0.29) is 29.2 Å². The van der Waals surface area contributed by atoms with E-state index in [1.165, 1.54) is 16.7 Å². The Balaban J connectivity index is 1.55. The molecule has 10 heteroatoms. The lowest BCUT2D eigenvalue weighted by molar-refractivity contribution is -0.128. The Morgan fingerprint density at radius 1 is 1.57 bits per heavy atom. The standard InChI is InChI=1S/C13H16N4O3S3/c1-17(9-4-6-23(19,20)8-9)11(18)7-22-13-14-12(15-16-13)10-3-2-5-21-10/h2-3,5,9H,4,6-8H2,1H3,(H,14,15,16)/t9-/m0/s1. The number of carbonyl (C=O) groups excluding carboxylic acids is 1. The van der Waals surface area contributed by atoms with Crippen molar-refractivity contribution >= 4 is 38.8 Å². The molecule has 0 radical (unpaired) electrons. The highest BCUT2D eigenvalue weighted by atomic mass is 32.2. The molecule has 23 heavy (non-hydrogen) atoms. The van der Waals surface area contributed by atoms with Gasteiger partial charge in [0.25, 0.3) is 0 Å². The molecule has 0 bridgehead atoms. The van der Waals surface area contributed by atoms with Gasteiger partial charge in [-0.1, -0.05) is 17.8 Å². The minimum atomic E-state index is -2.99. The highest BCUT2D eigenvalue weighted by Gasteiger charge is 2.32. The van der Waals surface area contributed by atoms with E-state index in [4.69, 9.17) is 0 Å². The molecular formula is C13H16N4O3S3. The van der Waals surface area contributed by atoms with Crippen LogP contribution in [0.3, 0.4) is 0 Å². The molecule has 1 aliphatic rings. The molecule has 7 nitrogen and oxygen atoms in total. The maximum atomic E-state index is 12.2. The second-order valence-corrected chi connectivity index (χ2v) is 9.41. The summed E-state index contributed by atoms with van der Waals surface area (Å²) in [4.78, 5) is 19.1. The van der Waals surface area contributed by atoms with Crippen molar-refractivity contribution < 1.29 is 13.2 Å². The van der Waals surface area contributed by atoms with E-state index in [0.717, 1.165) is 4.88 Å². The predicted molar refractivity (Wildman–Crippen MR) is 90.2 cm³/mol. The number of thioether (sulfide) groups is 1. The number of aromatic amines is 1. The van der Waals surface area contributed by atoms with Crippen molar-refractivity contribution in [2.45, 2.75) is 17.6 Å². The van der Waals surface area contributed by atoms with Crippen LogP contribution in [0.15, 0.2) is 22.7 Å². The molecule has 0 saturated carbocycles. The summed E-state index contributed by atoms with van der Waals surface area (Å²) in [5, 5.41) is 9.41. The molecule has 1 aliphatic heterocycles. The lowest BCUT2D eigenvalue weighted by Gasteiger charge is -2.22. The smallest absolute Gasteiger partial charge is 0.233 e. The van der Waals surface area contributed by atoms with Gasteiger partial charge in [-0.15, -0.1) is 16.4 Å². The SMILES string of the molecule is CN(C(=O)CSc1n[nH]c(-c2cccs2)n1)[C@H]1CCS(=O)(=O)C1. The number of nitrogens with one attached hydrogen (secondary N) is 1. The Hall–Kier alpha value is -1.39. The van der Waals surface area contributed by atoms with Gasteiger partial charge in [0.1, 0.15) is 0 Å². The van der Waals surface area contributed by atoms with E-state index in [1.807, 2.05) is 17.5 Å². The Kier molecular flexibility index (Phi) is 4.74. The van der Waals surface area contributed by atoms with Gasteiger partial charge < -0.3 is 4.90 Å². The fourth-order valence-electron chi connectivity index (χ4n) is 2.35. The summed E-state index contributed by atoms with van der Waals surface area (Å²) in [6, 6.07) is 3.66. The molecule has 0 aliphatic carbocycles. The molecule has 1 N–H and O–H groups in total. The fraction of sp³-hybridized carbons (Fsp3) is 0.462. The first-order valence-electron chi connectivity index (χ1n) is 7.00. The van der Waals surface area contributed by atoms with Crippen LogP contribution in [0.25, 0.3) is 10.7 Å². The molecule has 1 atom stereocenters. The van der Waals surface area contributed by atoms with Crippen molar-refractivity contribution in [3.05, 3.63) is 17.5 Å². The first-order valence-corrected chi connectivity index (χ1v) is 10.7. The van der Waals surface area contributed by atoms with Gasteiger partial charge >= 0.3 is 0 Å². The summed E-state index contributed by atoms with van der Waals surface area (Å²) in [5.41, 5.74) is 0. The van der Waals surface area contributed by atoms with Crippen LogP contribution in [0.4, 0.5) is 0 Å². The third kappa shape index (κ3) is 3.93. The monoisotopic (exact) mass is 372 g/mol. The normalized spacial score (nSPS) is 19.8. The van der Waals surface area contributed by atoms with E-state index in [9.17, 15) is 13.2 Å². The minimum Gasteiger partial charge on any atom is -0.341 e. The molecule has 124 valence electrons. The van der Waals surface area contributed by atoms with Crippen LogP contribution < -0.4 is 0 Å². The van der Waals surface area contributed by atoms with Crippen LogP contribution >= 0.6 is 23.1 Å². The van der Waals surface area contributed by atoms with Gasteiger partial charge in [-0.2, -0.15) is 0 Å². The largest absolute Gasteiger partial charge is 0.341 e. The summed E-state index contributed by atoms with van der Waals surface area (Å²) >= 11 is 2.80. The predicted octanol–water partition coefficient (Wildman–Crippen LogP) is 1.27. The highest BCUT2D eigenvalue weighted by molar-refractivity contribution is 7.99. The lowest BCUT2D eigenvalue weighted by atomic mass is 10.2. The number of aromatic nitrogens is 3. The summed E-state index contributed by atoms with van der Waals surface area (Å²) in [7, 11) is -1.34. The molecule has 3 heterocycles. The molecular weight excluding hydrogens is 356 g/mol. The number of hydrogen-bond donors (Lipinski definition) is 1. The number of rotatable bonds is 5. The van der Waals surface area contributed by atoms with Crippen LogP contribution in [-0.2, 0) is 14.6 Å². The van der Waals surface area contributed by atoms with E-state index in [0.29, 0.717) is 17.4 Å². The summed E-state index contributed by atoms with van der Waals surface area (Å²) in [5.74, 6) is 0.982. The zero-order chi connectivity index (χ0) is 16.4. The van der Waals surface area contributed by atoms with Crippen molar-refractivity contribution in [3.8, 4) is 10.7 Å². The molecule has 2 aromatic rings. The van der Waals surface area contributed by atoms with Gasteiger partial charge in [0.2, 0.25) is 11.1 Å². The minimum absolute atomic E-state index is 0.0586. The first kappa shape index (κ1) is 16.5. The van der Waals surface area contributed by atoms with Crippen LogP contribution in [0.2, 0.25) is 0 Å². The number of amides is 1. The van der Waals surface area contributed by atoms with E-state index < -0.39 is 9.84 Å². The maximum absolute atomic E-state index is 12.2. The molecule has 2 aromatic heterocycles. The number of thiophene rings is 1. The second kappa shape index (κ2) is 6.62. The molecule has 0 unspecified atom stereocenters. The van der Waals surface area contributed by atoms with E-state index in [2.05, 4.69) is 15.2 Å². The summed E-state index contributed by atoms with van der Waals surface area (Å²) in [6.45, 7) is 0. The Morgan fingerprint density at radius 2 is 2.39 bits per heavy atom. The Bertz CT molecular complexity index is 785. The first-order chi connectivity index (χ1) is 10.9. The second-order valence-electron chi connectivity index (χ2n) is 5.29. The number of H-pyrrole nitrogens is 1. The van der Waals surface area contributed by atoms with Crippen molar-refractivity contribution in [2.75, 3.05) is 24.3 Å². The van der Waals surface area contributed by atoms with Gasteiger partial charge in [-0.05, 0) is 17.9 Å². The van der Waals surface area contributed by atoms with E-state index >= 15 is 0 Å². The topological polar surface area (TPSA) is 96.0 Å². The van der Waals surface area contributed by atoms with Gasteiger partial charge in [0.15, 0.2) is 15.7 Å². The van der Waals surface area contributed by atoms with Gasteiger partial charge in [-0.3, -0.25) is 9.89 Å². The maximum Gasteiger partial charge on any atom is 0.233 e. The Labute approximate surface area is 142 Å². The zero-order valence-electron chi connectivity index (χ0n) is 12.4. The number of hydrogen-bond acceptors (Lipinski definition) is 7. The molecule has 3 rings (SSSR count). The highest BCUT2D eigenvalue weighted by Crippen LogP contribution is 2.24. The molecule has 1 saturated heterocycles. The molecule has 0 aromatic carbocycles. The summed E-state index contributed by atoms with van der Waals surface area (Å²) < 4.78 is 23.0. The quantitative estimate of drug-likeness (QED) is 0.794. The average Bonchev–Trinajstić information content (AvgIpc) is 3.23. The number of nitrogens with zero attached hydrogens (tertiary/aromatic N) is 3. The lowest BCUT2D eigenvalue weighted by Crippen LogP contribution is -2.38. The van der Waals surface area contributed by atoms with Gasteiger partial charge in [0, 0.05) is 13.1 Å². The molecule has 0 spiro atoms. The molecule has 1 amide bonds. The van der Waals surface area contributed by atoms with Crippen LogP contribution in [0.5, 0.6) is 0 Å². The van der Waals surface area contributed by atoms with Crippen molar-refractivity contribution in [3.63, 3.8) is 0 Å². The van der Waals surface area contributed by atoms with Crippen LogP contribution in [0.1, 0.15) is 6.42 Å². The number of carbonyl (C=O) groups is 1. The van der Waals surface area contributed by atoms with Gasteiger partial charge in [0.05, 0.1) is 22.1 Å². The van der Waals surface area contributed by atoms with Crippen molar-refractivity contribution in [1.82, 2.24) is 20.1 Å². The van der Waals surface area contributed by atoms with Gasteiger partial charge in [-0.25, -0.2) is 13.4 Å². The third-order valence-electron chi connectivity index (χ3n) is 3.69. The summed E-state index contributed by atoms with van der Waals surface area (Å²) in [6.07, 6.45) is 0.512. The average molecular weight is 372 g/mol. The van der Waals surface area contributed by atoms with E-state index in [1.54, 1.807) is 18.4 Å². The van der Waals surface area contributed by atoms with Crippen molar-refractivity contribution in [1.29, 1.82) is 0 Å². The zero-order valence-corrected chi connectivity index (χ0v) is 14.9. The van der Waals surface area contributed by atoms with Crippen LogP contribution in [-0.4, -0.2) is 64.8 Å².